The molecule has 0 aliphatic carbocycles. The van der Waals surface area contributed by atoms with Gasteiger partial charge in [-0.1, -0.05) is 35.3 Å². The van der Waals surface area contributed by atoms with E-state index in [9.17, 15) is 4.79 Å². The van der Waals surface area contributed by atoms with E-state index < -0.39 is 0 Å². The molecule has 0 saturated carbocycles. The quantitative estimate of drug-likeness (QED) is 0.312. The van der Waals surface area contributed by atoms with Crippen LogP contribution in [-0.2, 0) is 11.4 Å². The van der Waals surface area contributed by atoms with Crippen molar-refractivity contribution < 1.29 is 19.0 Å². The molecule has 1 amide bonds. The van der Waals surface area contributed by atoms with E-state index in [1.807, 2.05) is 37.3 Å². The van der Waals surface area contributed by atoms with Crippen molar-refractivity contribution in [3.8, 4) is 17.2 Å². The van der Waals surface area contributed by atoms with Gasteiger partial charge in [0.25, 0.3) is 5.91 Å². The molecule has 3 aromatic carbocycles. The Bertz CT molecular complexity index is 1050. The molecule has 3 aromatic rings. The van der Waals surface area contributed by atoms with E-state index in [4.69, 9.17) is 37.4 Å². The van der Waals surface area contributed by atoms with Gasteiger partial charge in [0.1, 0.15) is 12.4 Å². The van der Waals surface area contributed by atoms with Crippen molar-refractivity contribution in [3.63, 3.8) is 0 Å². The maximum absolute atomic E-state index is 11.9. The molecular weight excluding hydrogens is 451 g/mol. The molecule has 0 fully saturated rings. The summed E-state index contributed by atoms with van der Waals surface area (Å²) in [5, 5.41) is 5.24. The van der Waals surface area contributed by atoms with Crippen molar-refractivity contribution in [3.05, 3.63) is 87.9 Å². The lowest BCUT2D eigenvalue weighted by atomic mass is 10.2. The zero-order chi connectivity index (χ0) is 22.8. The second-order valence-corrected chi connectivity index (χ2v) is 7.46. The lowest BCUT2D eigenvalue weighted by Crippen LogP contribution is -2.24. The number of rotatable bonds is 10. The van der Waals surface area contributed by atoms with Crippen LogP contribution in [0.25, 0.3) is 0 Å². The predicted molar refractivity (Wildman–Crippen MR) is 126 cm³/mol. The first-order chi connectivity index (χ1) is 15.5. The molecule has 0 radical (unpaired) electrons. The fourth-order valence-electron chi connectivity index (χ4n) is 2.63. The van der Waals surface area contributed by atoms with Gasteiger partial charge in [0.2, 0.25) is 0 Å². The fraction of sp³-hybridized carbons (Fsp3) is 0.167. The van der Waals surface area contributed by atoms with E-state index >= 15 is 0 Å². The number of nitrogens with one attached hydrogen (secondary N) is 1. The zero-order valence-corrected chi connectivity index (χ0v) is 18.9. The Balaban J connectivity index is 1.54. The second-order valence-electron chi connectivity index (χ2n) is 6.59. The van der Waals surface area contributed by atoms with Crippen molar-refractivity contribution in [2.75, 3.05) is 13.2 Å². The third kappa shape index (κ3) is 7.48. The summed E-state index contributed by atoms with van der Waals surface area (Å²) in [6.45, 7) is 2.59. The summed E-state index contributed by atoms with van der Waals surface area (Å²) in [7, 11) is 0. The molecule has 1 N–H and O–H groups in total. The third-order valence-corrected chi connectivity index (χ3v) is 4.67. The number of halogens is 2. The minimum atomic E-state index is -0.385. The van der Waals surface area contributed by atoms with Gasteiger partial charge in [-0.15, -0.1) is 0 Å². The molecule has 0 bridgehead atoms. The average Bonchev–Trinajstić information content (AvgIpc) is 2.79. The van der Waals surface area contributed by atoms with Gasteiger partial charge in [0, 0.05) is 10.0 Å². The molecule has 3 rings (SSSR count). The minimum absolute atomic E-state index is 0.166. The number of hydrogen-bond acceptors (Lipinski definition) is 5. The van der Waals surface area contributed by atoms with E-state index in [0.29, 0.717) is 40.5 Å². The molecule has 8 heteroatoms. The smallest absolute Gasteiger partial charge is 0.277 e. The van der Waals surface area contributed by atoms with Crippen molar-refractivity contribution in [1.82, 2.24) is 5.43 Å². The molecule has 6 nitrogen and oxygen atoms in total. The number of carbonyl (C=O) groups is 1. The van der Waals surface area contributed by atoms with Crippen molar-refractivity contribution in [1.29, 1.82) is 0 Å². The van der Waals surface area contributed by atoms with Crippen LogP contribution in [0.5, 0.6) is 17.2 Å². The molecule has 0 saturated heterocycles. The normalized spacial score (nSPS) is 10.7. The first kappa shape index (κ1) is 23.4. The SMILES string of the molecule is CCOc1cc(/C=N\NC(=O)COc2ccc(Cl)cc2)ccc1OCc1ccc(Cl)cc1. The van der Waals surface area contributed by atoms with Crippen LogP contribution in [0.15, 0.2) is 71.8 Å². The summed E-state index contributed by atoms with van der Waals surface area (Å²) in [6.07, 6.45) is 1.52. The highest BCUT2D eigenvalue weighted by atomic mass is 35.5. The van der Waals surface area contributed by atoms with Gasteiger partial charge in [-0.25, -0.2) is 5.43 Å². The molecule has 0 aromatic heterocycles. The number of hydrazone groups is 1. The van der Waals surface area contributed by atoms with Gasteiger partial charge in [-0.2, -0.15) is 5.10 Å². The summed E-state index contributed by atoms with van der Waals surface area (Å²) >= 11 is 11.7. The maximum atomic E-state index is 11.9. The monoisotopic (exact) mass is 472 g/mol. The van der Waals surface area contributed by atoms with Crippen LogP contribution >= 0.6 is 23.2 Å². The van der Waals surface area contributed by atoms with Gasteiger partial charge in [0.05, 0.1) is 12.8 Å². The third-order valence-electron chi connectivity index (χ3n) is 4.16. The summed E-state index contributed by atoms with van der Waals surface area (Å²) in [5.74, 6) is 1.36. The Morgan fingerprint density at radius 1 is 0.906 bits per heavy atom. The number of amides is 1. The van der Waals surface area contributed by atoms with E-state index in [-0.39, 0.29) is 12.5 Å². The van der Waals surface area contributed by atoms with Crippen molar-refractivity contribution in [2.24, 2.45) is 5.10 Å². The standard InChI is InChI=1S/C24H22Cl2N2O4/c1-2-30-23-13-18(5-12-22(23)32-15-17-3-6-19(25)7-4-17)14-27-28-24(29)16-31-21-10-8-20(26)9-11-21/h3-14H,2,15-16H2,1H3,(H,28,29)/b27-14-. The molecular formula is C24H22Cl2N2O4. The highest BCUT2D eigenvalue weighted by molar-refractivity contribution is 6.30. The lowest BCUT2D eigenvalue weighted by Gasteiger charge is -2.12. The van der Waals surface area contributed by atoms with Gasteiger partial charge >= 0.3 is 0 Å². The Morgan fingerprint density at radius 2 is 1.59 bits per heavy atom. The van der Waals surface area contributed by atoms with Crippen LogP contribution in [0.4, 0.5) is 0 Å². The van der Waals surface area contributed by atoms with Crippen molar-refractivity contribution >= 4 is 35.3 Å². The number of hydrogen-bond donors (Lipinski definition) is 1. The van der Waals surface area contributed by atoms with Gasteiger partial charge in [-0.3, -0.25) is 4.79 Å². The highest BCUT2D eigenvalue weighted by Crippen LogP contribution is 2.29. The van der Waals surface area contributed by atoms with Crippen LogP contribution in [-0.4, -0.2) is 25.3 Å². The summed E-state index contributed by atoms with van der Waals surface area (Å²) in [4.78, 5) is 11.9. The Kier molecular flexibility index (Phi) is 8.78. The second kappa shape index (κ2) is 12.0. The Hall–Kier alpha value is -3.22. The number of ether oxygens (including phenoxy) is 3. The number of carbonyl (C=O) groups excluding carboxylic acids is 1. The molecule has 32 heavy (non-hydrogen) atoms. The zero-order valence-electron chi connectivity index (χ0n) is 17.4. The number of nitrogens with zero attached hydrogens (tertiary/aromatic N) is 1. The topological polar surface area (TPSA) is 69.2 Å². The molecule has 0 unspecified atom stereocenters. The summed E-state index contributed by atoms with van der Waals surface area (Å²) in [6, 6.07) is 19.6. The van der Waals surface area contributed by atoms with Gasteiger partial charge in [-0.05, 0) is 72.6 Å². The predicted octanol–water partition coefficient (Wildman–Crippen LogP) is 5.50. The Morgan fingerprint density at radius 3 is 2.28 bits per heavy atom. The van der Waals surface area contributed by atoms with Crippen LogP contribution in [0.1, 0.15) is 18.1 Å². The van der Waals surface area contributed by atoms with E-state index in [2.05, 4.69) is 10.5 Å². The molecule has 0 heterocycles. The molecule has 166 valence electrons. The summed E-state index contributed by atoms with van der Waals surface area (Å²) in [5.41, 5.74) is 4.16. The average molecular weight is 473 g/mol. The first-order valence-electron chi connectivity index (χ1n) is 9.88. The number of benzene rings is 3. The Labute approximate surface area is 196 Å². The summed E-state index contributed by atoms with van der Waals surface area (Å²) < 4.78 is 16.9. The lowest BCUT2D eigenvalue weighted by molar-refractivity contribution is -0.123. The van der Waals surface area contributed by atoms with Crippen LogP contribution in [0.2, 0.25) is 10.0 Å². The maximum Gasteiger partial charge on any atom is 0.277 e. The first-order valence-corrected chi connectivity index (χ1v) is 10.6. The fourth-order valence-corrected chi connectivity index (χ4v) is 2.88. The molecule has 0 aliphatic heterocycles. The van der Waals surface area contributed by atoms with E-state index in [0.717, 1.165) is 11.1 Å². The highest BCUT2D eigenvalue weighted by Gasteiger charge is 2.07. The van der Waals surface area contributed by atoms with E-state index in [1.54, 1.807) is 36.4 Å². The minimum Gasteiger partial charge on any atom is -0.490 e. The van der Waals surface area contributed by atoms with Crippen LogP contribution in [0.3, 0.4) is 0 Å². The van der Waals surface area contributed by atoms with Crippen LogP contribution < -0.4 is 19.6 Å². The molecule has 0 spiro atoms. The molecule has 0 atom stereocenters. The van der Waals surface area contributed by atoms with Gasteiger partial charge < -0.3 is 14.2 Å². The van der Waals surface area contributed by atoms with Crippen molar-refractivity contribution in [2.45, 2.75) is 13.5 Å². The van der Waals surface area contributed by atoms with Crippen LogP contribution in [0, 0.1) is 0 Å². The molecule has 0 aliphatic rings. The largest absolute Gasteiger partial charge is 0.490 e. The van der Waals surface area contributed by atoms with Gasteiger partial charge in [0.15, 0.2) is 18.1 Å². The van der Waals surface area contributed by atoms with E-state index in [1.165, 1.54) is 6.21 Å².